The maximum atomic E-state index is 12.9. The van der Waals surface area contributed by atoms with Gasteiger partial charge in [0.2, 0.25) is 10.0 Å². The molecule has 0 aliphatic carbocycles. The quantitative estimate of drug-likeness (QED) is 0.872. The number of rotatable bonds is 3. The lowest BCUT2D eigenvalue weighted by molar-refractivity contribution is 0.389. The van der Waals surface area contributed by atoms with Crippen molar-refractivity contribution in [1.29, 1.82) is 0 Å². The monoisotopic (exact) mass is 320 g/mol. The summed E-state index contributed by atoms with van der Waals surface area (Å²) >= 11 is 0. The average Bonchev–Trinajstić information content (AvgIpc) is 3.03. The molecule has 1 aromatic carbocycles. The molecule has 1 saturated heterocycles. The minimum absolute atomic E-state index is 0.216. The molecule has 0 N–H and O–H groups in total. The Labute approximate surface area is 131 Å². The summed E-state index contributed by atoms with van der Waals surface area (Å²) in [5.74, 6) is 0.849. The molecular formula is C16H20N2O3S. The van der Waals surface area contributed by atoms with Gasteiger partial charge in [-0.3, -0.25) is 0 Å². The fraction of sp³-hybridized carbons (Fsp3) is 0.438. The molecule has 2 unspecified atom stereocenters. The first kappa shape index (κ1) is 15.2. The molecular weight excluding hydrogens is 300 g/mol. The predicted molar refractivity (Wildman–Crippen MR) is 83.1 cm³/mol. The standard InChI is InChI=1S/C16H20N2O3S/c1-11-9-18(10-15(11)14-7-5-4-6-8-14)22(19,20)16-12(2)17-21-13(16)3/h4-8,11,15H,9-10H2,1-3H3. The molecule has 0 radical (unpaired) electrons. The Morgan fingerprint density at radius 1 is 1.18 bits per heavy atom. The fourth-order valence-corrected chi connectivity index (χ4v) is 5.08. The van der Waals surface area contributed by atoms with E-state index in [1.807, 2.05) is 18.2 Å². The fourth-order valence-electron chi connectivity index (χ4n) is 3.22. The Kier molecular flexibility index (Phi) is 3.82. The normalized spacial score (nSPS) is 23.0. The second-order valence-corrected chi connectivity index (χ2v) is 7.84. The highest BCUT2D eigenvalue weighted by molar-refractivity contribution is 7.89. The van der Waals surface area contributed by atoms with Crippen LogP contribution >= 0.6 is 0 Å². The molecule has 1 fully saturated rings. The van der Waals surface area contributed by atoms with Crippen LogP contribution in [0.25, 0.3) is 0 Å². The van der Waals surface area contributed by atoms with Crippen LogP contribution in [0.3, 0.4) is 0 Å². The van der Waals surface area contributed by atoms with Crippen molar-refractivity contribution >= 4 is 10.0 Å². The molecule has 0 amide bonds. The topological polar surface area (TPSA) is 63.4 Å². The van der Waals surface area contributed by atoms with Crippen molar-refractivity contribution in [3.63, 3.8) is 0 Å². The molecule has 0 saturated carbocycles. The van der Waals surface area contributed by atoms with E-state index in [2.05, 4.69) is 24.2 Å². The zero-order valence-electron chi connectivity index (χ0n) is 13.0. The Morgan fingerprint density at radius 3 is 2.45 bits per heavy atom. The number of sulfonamides is 1. The smallest absolute Gasteiger partial charge is 0.248 e. The van der Waals surface area contributed by atoms with E-state index in [4.69, 9.17) is 4.52 Å². The molecule has 0 bridgehead atoms. The molecule has 2 atom stereocenters. The molecule has 3 rings (SSSR count). The average molecular weight is 320 g/mol. The van der Waals surface area contributed by atoms with E-state index >= 15 is 0 Å². The van der Waals surface area contributed by atoms with E-state index in [0.29, 0.717) is 24.5 Å². The van der Waals surface area contributed by atoms with Crippen LogP contribution in [0, 0.1) is 19.8 Å². The zero-order chi connectivity index (χ0) is 15.9. The molecule has 1 aromatic heterocycles. The molecule has 5 nitrogen and oxygen atoms in total. The third-order valence-corrected chi connectivity index (χ3v) is 6.45. The number of nitrogens with zero attached hydrogens (tertiary/aromatic N) is 2. The molecule has 1 aliphatic rings. The van der Waals surface area contributed by atoms with Crippen molar-refractivity contribution in [1.82, 2.24) is 9.46 Å². The zero-order valence-corrected chi connectivity index (χ0v) is 13.8. The highest BCUT2D eigenvalue weighted by Gasteiger charge is 2.40. The Hall–Kier alpha value is -1.66. The van der Waals surface area contributed by atoms with Crippen molar-refractivity contribution in [2.45, 2.75) is 31.6 Å². The summed E-state index contributed by atoms with van der Waals surface area (Å²) in [6.45, 7) is 6.42. The summed E-state index contributed by atoms with van der Waals surface area (Å²) in [4.78, 5) is 0.216. The molecule has 118 valence electrons. The van der Waals surface area contributed by atoms with E-state index in [1.165, 1.54) is 5.56 Å². The summed E-state index contributed by atoms with van der Waals surface area (Å²) in [7, 11) is -3.55. The predicted octanol–water partition coefficient (Wildman–Crippen LogP) is 2.72. The number of aromatic nitrogens is 1. The van der Waals surface area contributed by atoms with Crippen molar-refractivity contribution < 1.29 is 12.9 Å². The van der Waals surface area contributed by atoms with Crippen LogP contribution in [-0.4, -0.2) is 31.0 Å². The van der Waals surface area contributed by atoms with E-state index in [0.717, 1.165) is 0 Å². The summed E-state index contributed by atoms with van der Waals surface area (Å²) in [5, 5.41) is 3.77. The second-order valence-electron chi connectivity index (χ2n) is 5.97. The minimum Gasteiger partial charge on any atom is -0.360 e. The summed E-state index contributed by atoms with van der Waals surface area (Å²) in [6.07, 6.45) is 0. The molecule has 0 spiro atoms. The van der Waals surface area contributed by atoms with Crippen molar-refractivity contribution in [3.8, 4) is 0 Å². The van der Waals surface area contributed by atoms with Crippen LogP contribution in [0.2, 0.25) is 0 Å². The Bertz CT molecular complexity index is 748. The maximum absolute atomic E-state index is 12.9. The van der Waals surface area contributed by atoms with Gasteiger partial charge < -0.3 is 4.52 Å². The van der Waals surface area contributed by atoms with Crippen LogP contribution in [0.15, 0.2) is 39.8 Å². The molecule has 22 heavy (non-hydrogen) atoms. The van der Waals surface area contributed by atoms with Gasteiger partial charge in [0.1, 0.15) is 10.6 Å². The maximum Gasteiger partial charge on any atom is 0.248 e. The van der Waals surface area contributed by atoms with Gasteiger partial charge in [-0.15, -0.1) is 0 Å². The van der Waals surface area contributed by atoms with Crippen LogP contribution in [0.1, 0.15) is 29.9 Å². The third kappa shape index (κ3) is 2.46. The largest absolute Gasteiger partial charge is 0.360 e. The van der Waals surface area contributed by atoms with E-state index < -0.39 is 10.0 Å². The van der Waals surface area contributed by atoms with Gasteiger partial charge >= 0.3 is 0 Å². The first-order valence-electron chi connectivity index (χ1n) is 7.39. The lowest BCUT2D eigenvalue weighted by Crippen LogP contribution is -2.29. The number of hydrogen-bond donors (Lipinski definition) is 0. The van der Waals surface area contributed by atoms with Gasteiger partial charge in [0, 0.05) is 19.0 Å². The number of hydrogen-bond acceptors (Lipinski definition) is 4. The molecule has 6 heteroatoms. The molecule has 2 heterocycles. The summed E-state index contributed by atoms with van der Waals surface area (Å²) < 4.78 is 32.4. The first-order valence-corrected chi connectivity index (χ1v) is 8.83. The lowest BCUT2D eigenvalue weighted by Gasteiger charge is -2.16. The van der Waals surface area contributed by atoms with Crippen molar-refractivity contribution in [3.05, 3.63) is 47.3 Å². The van der Waals surface area contributed by atoms with Gasteiger partial charge in [-0.2, -0.15) is 4.31 Å². The van der Waals surface area contributed by atoms with Gasteiger partial charge in [-0.25, -0.2) is 8.42 Å². The highest BCUT2D eigenvalue weighted by atomic mass is 32.2. The number of benzene rings is 1. The lowest BCUT2D eigenvalue weighted by atomic mass is 9.90. The van der Waals surface area contributed by atoms with Gasteiger partial charge in [0.15, 0.2) is 5.76 Å². The van der Waals surface area contributed by atoms with Gasteiger partial charge in [-0.1, -0.05) is 42.4 Å². The van der Waals surface area contributed by atoms with Crippen molar-refractivity contribution in [2.75, 3.05) is 13.1 Å². The van der Waals surface area contributed by atoms with Gasteiger partial charge in [0.25, 0.3) is 0 Å². The highest BCUT2D eigenvalue weighted by Crippen LogP contribution is 2.36. The Balaban J connectivity index is 1.91. The number of aryl methyl sites for hydroxylation is 2. The van der Waals surface area contributed by atoms with Crippen LogP contribution in [0.5, 0.6) is 0 Å². The summed E-state index contributed by atoms with van der Waals surface area (Å²) in [5.41, 5.74) is 1.61. The SMILES string of the molecule is Cc1noc(C)c1S(=O)(=O)N1CC(C)C(c2ccccc2)C1. The van der Waals surface area contributed by atoms with Crippen LogP contribution in [0.4, 0.5) is 0 Å². The van der Waals surface area contributed by atoms with E-state index in [9.17, 15) is 8.42 Å². The molecule has 1 aliphatic heterocycles. The second kappa shape index (κ2) is 5.52. The van der Waals surface area contributed by atoms with Gasteiger partial charge in [-0.05, 0) is 25.3 Å². The first-order chi connectivity index (χ1) is 10.4. The van der Waals surface area contributed by atoms with Crippen LogP contribution in [-0.2, 0) is 10.0 Å². The third-order valence-electron chi connectivity index (χ3n) is 4.37. The molecule has 2 aromatic rings. The van der Waals surface area contributed by atoms with Gasteiger partial charge in [0.05, 0.1) is 0 Å². The van der Waals surface area contributed by atoms with Crippen molar-refractivity contribution in [2.24, 2.45) is 5.92 Å². The van der Waals surface area contributed by atoms with E-state index in [1.54, 1.807) is 18.2 Å². The van der Waals surface area contributed by atoms with Crippen LogP contribution < -0.4 is 0 Å². The van der Waals surface area contributed by atoms with E-state index in [-0.39, 0.29) is 16.7 Å². The minimum atomic E-state index is -3.55. The Morgan fingerprint density at radius 2 is 1.86 bits per heavy atom. The summed E-state index contributed by atoms with van der Waals surface area (Å²) in [6, 6.07) is 10.1.